The lowest BCUT2D eigenvalue weighted by atomic mass is 10.1. The standard InChI is InChI=1S/C17H15ClF3N3O/c1-4-12(17(19,20)21)9-10(2)15-22-16(11(3)23-24-15)25-14-7-5-13(18)6-8-14/h4-9H,1-3H3/b10-9+,12-4+. The third-order valence-electron chi connectivity index (χ3n) is 3.20. The van der Waals surface area contributed by atoms with E-state index in [9.17, 15) is 13.2 Å². The van der Waals surface area contributed by atoms with E-state index in [4.69, 9.17) is 16.3 Å². The zero-order valence-electron chi connectivity index (χ0n) is 13.7. The summed E-state index contributed by atoms with van der Waals surface area (Å²) in [6.07, 6.45) is -2.49. The molecule has 0 saturated heterocycles. The molecule has 0 aliphatic rings. The van der Waals surface area contributed by atoms with Crippen LogP contribution in [0.15, 0.2) is 42.0 Å². The summed E-state index contributed by atoms with van der Waals surface area (Å²) < 4.78 is 44.2. The Bertz CT molecular complexity index is 815. The lowest BCUT2D eigenvalue weighted by Crippen LogP contribution is -2.10. The van der Waals surface area contributed by atoms with Crippen LogP contribution in [0.5, 0.6) is 11.6 Å². The number of hydrogen-bond donors (Lipinski definition) is 0. The van der Waals surface area contributed by atoms with Crippen LogP contribution in [0.25, 0.3) is 5.57 Å². The Hall–Kier alpha value is -2.41. The molecule has 4 nitrogen and oxygen atoms in total. The van der Waals surface area contributed by atoms with E-state index >= 15 is 0 Å². The van der Waals surface area contributed by atoms with Gasteiger partial charge >= 0.3 is 6.18 Å². The van der Waals surface area contributed by atoms with E-state index in [0.717, 1.165) is 12.2 Å². The van der Waals surface area contributed by atoms with Gasteiger partial charge in [0.15, 0.2) is 5.82 Å². The number of rotatable bonds is 4. The highest BCUT2D eigenvalue weighted by molar-refractivity contribution is 6.30. The molecule has 0 bridgehead atoms. The van der Waals surface area contributed by atoms with Gasteiger partial charge < -0.3 is 4.74 Å². The molecule has 1 aromatic heterocycles. The van der Waals surface area contributed by atoms with Crippen LogP contribution in [0.3, 0.4) is 0 Å². The first-order valence-electron chi connectivity index (χ1n) is 7.27. The van der Waals surface area contributed by atoms with Crippen molar-refractivity contribution in [1.82, 2.24) is 15.2 Å². The molecule has 0 saturated carbocycles. The Morgan fingerprint density at radius 1 is 1.16 bits per heavy atom. The molecule has 0 amide bonds. The normalized spacial score (nSPS) is 13.1. The first kappa shape index (κ1) is 18.9. The highest BCUT2D eigenvalue weighted by Gasteiger charge is 2.31. The van der Waals surface area contributed by atoms with Crippen molar-refractivity contribution < 1.29 is 17.9 Å². The van der Waals surface area contributed by atoms with Gasteiger partial charge in [0.1, 0.15) is 11.4 Å². The van der Waals surface area contributed by atoms with Crippen molar-refractivity contribution >= 4 is 17.2 Å². The van der Waals surface area contributed by atoms with Crippen LogP contribution in [0, 0.1) is 6.92 Å². The number of benzene rings is 1. The van der Waals surface area contributed by atoms with Gasteiger partial charge in [0.2, 0.25) is 5.88 Å². The van der Waals surface area contributed by atoms with Crippen molar-refractivity contribution in [3.8, 4) is 11.6 Å². The lowest BCUT2D eigenvalue weighted by molar-refractivity contribution is -0.0882. The molecule has 0 spiro atoms. The van der Waals surface area contributed by atoms with Crippen LogP contribution in [-0.2, 0) is 0 Å². The minimum atomic E-state index is -4.45. The van der Waals surface area contributed by atoms with E-state index in [1.165, 1.54) is 13.8 Å². The Labute approximate surface area is 148 Å². The fraction of sp³-hybridized carbons (Fsp3) is 0.235. The summed E-state index contributed by atoms with van der Waals surface area (Å²) in [7, 11) is 0. The van der Waals surface area contributed by atoms with Gasteiger partial charge in [0, 0.05) is 5.02 Å². The molecule has 1 heterocycles. The zero-order valence-corrected chi connectivity index (χ0v) is 14.5. The lowest BCUT2D eigenvalue weighted by Gasteiger charge is -2.10. The van der Waals surface area contributed by atoms with Gasteiger partial charge in [0.25, 0.3) is 0 Å². The Morgan fingerprint density at radius 2 is 1.80 bits per heavy atom. The number of aryl methyl sites for hydroxylation is 1. The van der Waals surface area contributed by atoms with Gasteiger partial charge in [0.05, 0.1) is 5.57 Å². The number of halogens is 4. The molecule has 0 radical (unpaired) electrons. The van der Waals surface area contributed by atoms with E-state index in [1.54, 1.807) is 31.2 Å². The molecule has 0 aliphatic heterocycles. The second kappa shape index (κ2) is 7.65. The van der Waals surface area contributed by atoms with Crippen molar-refractivity contribution in [2.24, 2.45) is 0 Å². The average molecular weight is 370 g/mol. The van der Waals surface area contributed by atoms with Crippen molar-refractivity contribution in [3.05, 3.63) is 58.5 Å². The number of alkyl halides is 3. The molecule has 0 aliphatic carbocycles. The third kappa shape index (κ3) is 5.03. The second-order valence-corrected chi connectivity index (χ2v) is 5.59. The molecule has 2 rings (SSSR count). The van der Waals surface area contributed by atoms with Crippen molar-refractivity contribution in [3.63, 3.8) is 0 Å². The summed E-state index contributed by atoms with van der Waals surface area (Å²) >= 11 is 5.81. The quantitative estimate of drug-likeness (QED) is 0.664. The van der Waals surface area contributed by atoms with Crippen LogP contribution < -0.4 is 4.74 Å². The predicted molar refractivity (Wildman–Crippen MR) is 89.6 cm³/mol. The second-order valence-electron chi connectivity index (χ2n) is 5.15. The first-order chi connectivity index (χ1) is 11.7. The van der Waals surface area contributed by atoms with Gasteiger partial charge in [-0.05, 0) is 56.7 Å². The molecule has 1 aromatic carbocycles. The monoisotopic (exact) mass is 369 g/mol. The summed E-state index contributed by atoms with van der Waals surface area (Å²) in [5.74, 6) is 0.692. The van der Waals surface area contributed by atoms with E-state index in [-0.39, 0.29) is 17.3 Å². The van der Waals surface area contributed by atoms with E-state index in [0.29, 0.717) is 16.5 Å². The van der Waals surface area contributed by atoms with Gasteiger partial charge in [-0.3, -0.25) is 0 Å². The van der Waals surface area contributed by atoms with Crippen molar-refractivity contribution in [2.45, 2.75) is 26.9 Å². The van der Waals surface area contributed by atoms with Crippen LogP contribution >= 0.6 is 11.6 Å². The molecule has 2 aromatic rings. The summed E-state index contributed by atoms with van der Waals surface area (Å²) in [4.78, 5) is 4.17. The van der Waals surface area contributed by atoms with Crippen LogP contribution in [-0.4, -0.2) is 21.4 Å². The number of hydrogen-bond acceptors (Lipinski definition) is 4. The molecular weight excluding hydrogens is 355 g/mol. The fourth-order valence-corrected chi connectivity index (χ4v) is 2.00. The summed E-state index contributed by atoms with van der Waals surface area (Å²) in [6, 6.07) is 6.59. The highest BCUT2D eigenvalue weighted by Crippen LogP contribution is 2.29. The van der Waals surface area contributed by atoms with Crippen LogP contribution in [0.2, 0.25) is 5.02 Å². The van der Waals surface area contributed by atoms with Gasteiger partial charge in [-0.15, -0.1) is 10.2 Å². The Kier molecular flexibility index (Phi) is 5.79. The van der Waals surface area contributed by atoms with Crippen LogP contribution in [0.1, 0.15) is 25.4 Å². The first-order valence-corrected chi connectivity index (χ1v) is 7.65. The van der Waals surface area contributed by atoms with Gasteiger partial charge in [-0.2, -0.15) is 18.2 Å². The third-order valence-corrected chi connectivity index (χ3v) is 3.45. The molecule has 0 unspecified atom stereocenters. The van der Waals surface area contributed by atoms with Crippen molar-refractivity contribution in [1.29, 1.82) is 0 Å². The SMILES string of the molecule is C/C=C(\C=C(/C)c1nnc(C)c(Oc2ccc(Cl)cc2)n1)C(F)(F)F. The van der Waals surface area contributed by atoms with Gasteiger partial charge in [-0.25, -0.2) is 0 Å². The fourth-order valence-electron chi connectivity index (χ4n) is 1.87. The Morgan fingerprint density at radius 3 is 2.36 bits per heavy atom. The molecule has 0 fully saturated rings. The molecular formula is C17H15ClF3N3O. The number of aromatic nitrogens is 3. The minimum absolute atomic E-state index is 0.0539. The molecule has 25 heavy (non-hydrogen) atoms. The minimum Gasteiger partial charge on any atom is -0.437 e. The summed E-state index contributed by atoms with van der Waals surface area (Å²) in [5, 5.41) is 8.29. The topological polar surface area (TPSA) is 47.9 Å². The van der Waals surface area contributed by atoms with Crippen molar-refractivity contribution in [2.75, 3.05) is 0 Å². The maximum atomic E-state index is 12.9. The number of ether oxygens (including phenoxy) is 1. The summed E-state index contributed by atoms with van der Waals surface area (Å²) in [6.45, 7) is 4.44. The zero-order chi connectivity index (χ0) is 18.6. The molecule has 0 N–H and O–H groups in total. The predicted octanol–water partition coefficient (Wildman–Crippen LogP) is 5.54. The Balaban J connectivity index is 2.33. The highest BCUT2D eigenvalue weighted by atomic mass is 35.5. The van der Waals surface area contributed by atoms with Crippen LogP contribution in [0.4, 0.5) is 13.2 Å². The maximum Gasteiger partial charge on any atom is 0.416 e. The molecule has 0 atom stereocenters. The molecule has 8 heteroatoms. The van der Waals surface area contributed by atoms with E-state index in [1.807, 2.05) is 0 Å². The number of nitrogens with zero attached hydrogens (tertiary/aromatic N) is 3. The van der Waals surface area contributed by atoms with E-state index in [2.05, 4.69) is 15.2 Å². The number of allylic oxidation sites excluding steroid dienone is 4. The largest absolute Gasteiger partial charge is 0.437 e. The summed E-state index contributed by atoms with van der Waals surface area (Å²) in [5.41, 5.74) is -0.151. The average Bonchev–Trinajstić information content (AvgIpc) is 2.55. The maximum absolute atomic E-state index is 12.9. The molecule has 132 valence electrons. The van der Waals surface area contributed by atoms with E-state index < -0.39 is 11.7 Å². The smallest absolute Gasteiger partial charge is 0.416 e. The van der Waals surface area contributed by atoms with Gasteiger partial charge in [-0.1, -0.05) is 17.7 Å².